The second-order valence-corrected chi connectivity index (χ2v) is 5.14. The van der Waals surface area contributed by atoms with Crippen LogP contribution in [-0.2, 0) is 6.42 Å². The van der Waals surface area contributed by atoms with E-state index in [9.17, 15) is 0 Å². The number of pyridine rings is 2. The first-order chi connectivity index (χ1) is 10.8. The number of aryl methyl sites for hydroxylation is 1. The summed E-state index contributed by atoms with van der Waals surface area (Å²) in [5.74, 6) is 0.745. The lowest BCUT2D eigenvalue weighted by Crippen LogP contribution is -2.01. The molecule has 1 aromatic carbocycles. The van der Waals surface area contributed by atoms with Crippen molar-refractivity contribution < 1.29 is 0 Å². The molecule has 0 spiro atoms. The molecule has 3 heterocycles. The van der Waals surface area contributed by atoms with Gasteiger partial charge in [-0.05, 0) is 24.6 Å². The molecule has 0 aliphatic carbocycles. The predicted octanol–water partition coefficient (Wildman–Crippen LogP) is 3.11. The van der Waals surface area contributed by atoms with Crippen LogP contribution in [0, 0.1) is 0 Å². The standard InChI is InChI=1S/C17H15N5/c1-2-12-15-16(18)11-7-3-4-8-13(11)20-17(15)22(21-12)14-9-5-6-10-19-14/h3-10H,2H2,1H3,(H2,18,20). The van der Waals surface area contributed by atoms with Crippen LogP contribution in [0.5, 0.6) is 0 Å². The number of nitrogens with two attached hydrogens (primary N) is 1. The largest absolute Gasteiger partial charge is 0.398 e. The van der Waals surface area contributed by atoms with Gasteiger partial charge in [-0.15, -0.1) is 0 Å². The first-order valence-corrected chi connectivity index (χ1v) is 7.27. The molecule has 0 bridgehead atoms. The molecule has 4 aromatic rings. The van der Waals surface area contributed by atoms with Crippen molar-refractivity contribution in [2.24, 2.45) is 0 Å². The van der Waals surface area contributed by atoms with Crippen LogP contribution in [0.3, 0.4) is 0 Å². The number of anilines is 1. The van der Waals surface area contributed by atoms with Crippen molar-refractivity contribution in [3.63, 3.8) is 0 Å². The Balaban J connectivity index is 2.16. The van der Waals surface area contributed by atoms with E-state index in [1.54, 1.807) is 10.9 Å². The summed E-state index contributed by atoms with van der Waals surface area (Å²) >= 11 is 0. The van der Waals surface area contributed by atoms with Crippen molar-refractivity contribution in [1.29, 1.82) is 0 Å². The van der Waals surface area contributed by atoms with Crippen LogP contribution < -0.4 is 5.73 Å². The molecule has 0 radical (unpaired) electrons. The lowest BCUT2D eigenvalue weighted by molar-refractivity contribution is 0.830. The number of rotatable bonds is 2. The maximum atomic E-state index is 6.41. The van der Waals surface area contributed by atoms with Gasteiger partial charge in [0.05, 0.1) is 22.3 Å². The molecular formula is C17H15N5. The fourth-order valence-electron chi connectivity index (χ4n) is 2.77. The van der Waals surface area contributed by atoms with Crippen molar-refractivity contribution >= 4 is 27.6 Å². The number of benzene rings is 1. The van der Waals surface area contributed by atoms with Gasteiger partial charge in [0.1, 0.15) is 0 Å². The van der Waals surface area contributed by atoms with Gasteiger partial charge in [0, 0.05) is 11.6 Å². The number of hydrogen-bond donors (Lipinski definition) is 1. The normalized spacial score (nSPS) is 11.3. The average Bonchev–Trinajstić information content (AvgIpc) is 2.95. The van der Waals surface area contributed by atoms with E-state index in [0.29, 0.717) is 0 Å². The maximum absolute atomic E-state index is 6.41. The van der Waals surface area contributed by atoms with Crippen LogP contribution in [0.1, 0.15) is 12.6 Å². The predicted molar refractivity (Wildman–Crippen MR) is 88.0 cm³/mol. The second-order valence-electron chi connectivity index (χ2n) is 5.14. The number of aromatic nitrogens is 4. The van der Waals surface area contributed by atoms with Crippen molar-refractivity contribution in [2.75, 3.05) is 5.73 Å². The summed E-state index contributed by atoms with van der Waals surface area (Å²) in [6.45, 7) is 2.07. The molecule has 0 fully saturated rings. The minimum absolute atomic E-state index is 0.736. The summed E-state index contributed by atoms with van der Waals surface area (Å²) in [7, 11) is 0. The van der Waals surface area contributed by atoms with Gasteiger partial charge in [0.25, 0.3) is 0 Å². The minimum atomic E-state index is 0.736. The zero-order valence-electron chi connectivity index (χ0n) is 12.2. The summed E-state index contributed by atoms with van der Waals surface area (Å²) in [5, 5.41) is 6.56. The third kappa shape index (κ3) is 1.75. The van der Waals surface area contributed by atoms with E-state index in [4.69, 9.17) is 10.7 Å². The lowest BCUT2D eigenvalue weighted by atomic mass is 10.1. The highest BCUT2D eigenvalue weighted by Gasteiger charge is 2.17. The molecule has 22 heavy (non-hydrogen) atoms. The first kappa shape index (κ1) is 12.8. The van der Waals surface area contributed by atoms with Crippen LogP contribution in [0.25, 0.3) is 27.8 Å². The van der Waals surface area contributed by atoms with Gasteiger partial charge in [-0.3, -0.25) is 0 Å². The molecule has 0 amide bonds. The second kappa shape index (κ2) is 4.80. The average molecular weight is 289 g/mol. The van der Waals surface area contributed by atoms with Crippen LogP contribution in [0.4, 0.5) is 5.69 Å². The maximum Gasteiger partial charge on any atom is 0.167 e. The lowest BCUT2D eigenvalue weighted by Gasteiger charge is -2.05. The molecule has 108 valence electrons. The molecule has 4 rings (SSSR count). The minimum Gasteiger partial charge on any atom is -0.398 e. The molecule has 0 aliphatic heterocycles. The van der Waals surface area contributed by atoms with E-state index in [-0.39, 0.29) is 0 Å². The Bertz CT molecular complexity index is 973. The topological polar surface area (TPSA) is 69.6 Å². The third-order valence-corrected chi connectivity index (χ3v) is 3.82. The van der Waals surface area contributed by atoms with Crippen molar-refractivity contribution in [3.8, 4) is 5.82 Å². The number of nitrogen functional groups attached to an aromatic ring is 1. The molecule has 3 aromatic heterocycles. The van der Waals surface area contributed by atoms with Gasteiger partial charge in [0.2, 0.25) is 0 Å². The van der Waals surface area contributed by atoms with Gasteiger partial charge in [-0.2, -0.15) is 9.78 Å². The highest BCUT2D eigenvalue weighted by atomic mass is 15.3. The summed E-state index contributed by atoms with van der Waals surface area (Å²) in [6.07, 6.45) is 2.54. The SMILES string of the molecule is CCc1nn(-c2ccccn2)c2nc3ccccc3c(N)c12. The zero-order chi connectivity index (χ0) is 15.1. The summed E-state index contributed by atoms with van der Waals surface area (Å²) in [4.78, 5) is 9.14. The Kier molecular flexibility index (Phi) is 2.79. The summed E-state index contributed by atoms with van der Waals surface area (Å²) < 4.78 is 1.77. The zero-order valence-corrected chi connectivity index (χ0v) is 12.2. The van der Waals surface area contributed by atoms with Gasteiger partial charge < -0.3 is 5.73 Å². The number of hydrogen-bond acceptors (Lipinski definition) is 4. The fraction of sp³-hybridized carbons (Fsp3) is 0.118. The number of nitrogens with zero attached hydrogens (tertiary/aromatic N) is 4. The molecule has 5 heteroatoms. The Morgan fingerprint density at radius 3 is 2.68 bits per heavy atom. The van der Waals surface area contributed by atoms with E-state index in [1.807, 2.05) is 42.5 Å². The smallest absolute Gasteiger partial charge is 0.167 e. The van der Waals surface area contributed by atoms with Gasteiger partial charge in [-0.1, -0.05) is 31.2 Å². The first-order valence-electron chi connectivity index (χ1n) is 7.27. The third-order valence-electron chi connectivity index (χ3n) is 3.82. The Labute approximate surface area is 127 Å². The summed E-state index contributed by atoms with van der Waals surface area (Å²) in [6, 6.07) is 13.6. The Morgan fingerprint density at radius 1 is 1.09 bits per heavy atom. The quantitative estimate of drug-likeness (QED) is 0.615. The van der Waals surface area contributed by atoms with Gasteiger partial charge >= 0.3 is 0 Å². The highest BCUT2D eigenvalue weighted by molar-refractivity contribution is 6.06. The molecule has 0 saturated heterocycles. The van der Waals surface area contributed by atoms with Crippen LogP contribution in [0.15, 0.2) is 48.7 Å². The monoisotopic (exact) mass is 289 g/mol. The van der Waals surface area contributed by atoms with Crippen LogP contribution in [0.2, 0.25) is 0 Å². The van der Waals surface area contributed by atoms with E-state index < -0.39 is 0 Å². The van der Waals surface area contributed by atoms with E-state index in [2.05, 4.69) is 17.0 Å². The van der Waals surface area contributed by atoms with Crippen molar-refractivity contribution in [3.05, 3.63) is 54.4 Å². The van der Waals surface area contributed by atoms with E-state index >= 15 is 0 Å². The highest BCUT2D eigenvalue weighted by Crippen LogP contribution is 2.31. The number of fused-ring (bicyclic) bond motifs is 2. The molecule has 5 nitrogen and oxygen atoms in total. The molecule has 0 atom stereocenters. The fourth-order valence-corrected chi connectivity index (χ4v) is 2.77. The van der Waals surface area contributed by atoms with E-state index in [0.717, 1.165) is 45.6 Å². The van der Waals surface area contributed by atoms with Crippen LogP contribution >= 0.6 is 0 Å². The number of para-hydroxylation sites is 1. The summed E-state index contributed by atoms with van der Waals surface area (Å²) in [5.41, 5.74) is 9.71. The molecular weight excluding hydrogens is 274 g/mol. The van der Waals surface area contributed by atoms with Gasteiger partial charge in [0.15, 0.2) is 11.5 Å². The van der Waals surface area contributed by atoms with Crippen molar-refractivity contribution in [2.45, 2.75) is 13.3 Å². The molecule has 0 unspecified atom stereocenters. The van der Waals surface area contributed by atoms with E-state index in [1.165, 1.54) is 0 Å². The Hall–Kier alpha value is -2.95. The van der Waals surface area contributed by atoms with Crippen molar-refractivity contribution in [1.82, 2.24) is 19.7 Å². The van der Waals surface area contributed by atoms with Crippen LogP contribution in [-0.4, -0.2) is 19.7 Å². The molecule has 0 aliphatic rings. The molecule has 2 N–H and O–H groups in total. The molecule has 0 saturated carbocycles. The van der Waals surface area contributed by atoms with Gasteiger partial charge in [-0.25, -0.2) is 9.97 Å². The Morgan fingerprint density at radius 2 is 1.91 bits per heavy atom.